The van der Waals surface area contributed by atoms with Gasteiger partial charge in [-0.2, -0.15) is 0 Å². The Morgan fingerprint density at radius 3 is 2.83 bits per heavy atom. The van der Waals surface area contributed by atoms with Crippen molar-refractivity contribution in [1.82, 2.24) is 4.57 Å². The monoisotopic (exact) mass is 358 g/mol. The van der Waals surface area contributed by atoms with Gasteiger partial charge in [0.1, 0.15) is 5.56 Å². The highest BCUT2D eigenvalue weighted by atomic mass is 35.5. The van der Waals surface area contributed by atoms with Gasteiger partial charge >= 0.3 is 0 Å². The van der Waals surface area contributed by atoms with Crippen molar-refractivity contribution in [3.8, 4) is 0 Å². The van der Waals surface area contributed by atoms with Gasteiger partial charge in [-0.1, -0.05) is 35.3 Å². The van der Waals surface area contributed by atoms with Gasteiger partial charge in [0.25, 0.3) is 5.91 Å². The van der Waals surface area contributed by atoms with E-state index in [1.165, 1.54) is 0 Å². The topological polar surface area (TPSA) is 51.1 Å². The van der Waals surface area contributed by atoms with E-state index in [9.17, 15) is 9.59 Å². The minimum atomic E-state index is -0.493. The average Bonchev–Trinajstić information content (AvgIpc) is 2.98. The van der Waals surface area contributed by atoms with Crippen LogP contribution >= 0.6 is 23.2 Å². The lowest BCUT2D eigenvalue weighted by molar-refractivity contribution is 0.102. The van der Waals surface area contributed by atoms with Crippen molar-refractivity contribution in [2.75, 3.05) is 5.32 Å². The summed E-state index contributed by atoms with van der Waals surface area (Å²) in [5, 5.41) is 4.05. The van der Waals surface area contributed by atoms with Crippen LogP contribution in [0, 0.1) is 0 Å². The second-order valence-corrected chi connectivity index (χ2v) is 6.55. The first-order valence-electron chi connectivity index (χ1n) is 7.46. The highest BCUT2D eigenvalue weighted by Crippen LogP contribution is 2.27. The van der Waals surface area contributed by atoms with Gasteiger partial charge in [0.2, 0.25) is 5.43 Å². The molecule has 0 unspecified atom stereocenters. The molecule has 0 radical (unpaired) electrons. The third-order valence-electron chi connectivity index (χ3n) is 4.22. The average molecular weight is 359 g/mol. The molecule has 1 N–H and O–H groups in total. The van der Waals surface area contributed by atoms with Crippen molar-refractivity contribution in [3.05, 3.63) is 74.0 Å². The minimum absolute atomic E-state index is 0.0950. The number of carbonyl (C=O) groups excluding carboxylic acids is 1. The summed E-state index contributed by atoms with van der Waals surface area (Å²) >= 11 is 12.0. The molecule has 0 saturated carbocycles. The fourth-order valence-electron chi connectivity index (χ4n) is 3.10. The van der Waals surface area contributed by atoms with E-state index in [0.717, 1.165) is 24.0 Å². The highest BCUT2D eigenvalue weighted by molar-refractivity contribution is 6.35. The lowest BCUT2D eigenvalue weighted by Crippen LogP contribution is -2.23. The molecule has 0 spiro atoms. The number of amides is 1. The molecule has 2 heterocycles. The van der Waals surface area contributed by atoms with E-state index in [1.807, 2.05) is 16.7 Å². The van der Waals surface area contributed by atoms with E-state index in [-0.39, 0.29) is 11.0 Å². The van der Waals surface area contributed by atoms with E-state index < -0.39 is 5.91 Å². The van der Waals surface area contributed by atoms with Crippen molar-refractivity contribution in [2.24, 2.45) is 0 Å². The molecule has 120 valence electrons. The number of aromatic nitrogens is 1. The number of nitrogens with one attached hydrogen (secondary N) is 1. The summed E-state index contributed by atoms with van der Waals surface area (Å²) in [6, 6.07) is 10.4. The van der Waals surface area contributed by atoms with Gasteiger partial charge in [-0.25, -0.2) is 0 Å². The molecule has 2 aromatic carbocycles. The SMILES string of the molecule is O=C(Nc1cc(Cl)ccc1Cl)c1cn2c3c(cccc3c1=O)CC2. The van der Waals surface area contributed by atoms with Crippen LogP contribution in [0.1, 0.15) is 15.9 Å². The minimum Gasteiger partial charge on any atom is -0.346 e. The van der Waals surface area contributed by atoms with Gasteiger partial charge in [-0.3, -0.25) is 9.59 Å². The van der Waals surface area contributed by atoms with Gasteiger partial charge in [0.05, 0.1) is 16.2 Å². The zero-order chi connectivity index (χ0) is 16.8. The number of rotatable bonds is 2. The fourth-order valence-corrected chi connectivity index (χ4v) is 3.44. The van der Waals surface area contributed by atoms with E-state index in [1.54, 1.807) is 30.5 Å². The maximum Gasteiger partial charge on any atom is 0.261 e. The number of pyridine rings is 1. The van der Waals surface area contributed by atoms with Crippen molar-refractivity contribution >= 4 is 45.7 Å². The molecule has 6 heteroatoms. The predicted octanol–water partition coefficient (Wildman–Crippen LogP) is 4.12. The Morgan fingerprint density at radius 2 is 2.00 bits per heavy atom. The number of carbonyl (C=O) groups is 1. The molecule has 4 nitrogen and oxygen atoms in total. The normalized spacial score (nSPS) is 12.6. The van der Waals surface area contributed by atoms with Crippen LogP contribution in [0.2, 0.25) is 10.0 Å². The van der Waals surface area contributed by atoms with Crippen LogP contribution in [0.15, 0.2) is 47.4 Å². The number of anilines is 1. The molecule has 1 amide bonds. The summed E-state index contributed by atoms with van der Waals surface area (Å²) in [5.41, 5.74) is 2.25. The largest absolute Gasteiger partial charge is 0.346 e. The molecule has 0 fully saturated rings. The number of nitrogens with zero attached hydrogens (tertiary/aromatic N) is 1. The quantitative estimate of drug-likeness (QED) is 0.749. The van der Waals surface area contributed by atoms with Crippen LogP contribution in [0.5, 0.6) is 0 Å². The summed E-state index contributed by atoms with van der Waals surface area (Å²) < 4.78 is 1.96. The molecule has 1 aliphatic heterocycles. The first-order chi connectivity index (χ1) is 11.5. The maximum atomic E-state index is 12.7. The van der Waals surface area contributed by atoms with E-state index in [0.29, 0.717) is 21.1 Å². The third-order valence-corrected chi connectivity index (χ3v) is 4.79. The third kappa shape index (κ3) is 2.39. The number of halogens is 2. The zero-order valence-electron chi connectivity index (χ0n) is 12.5. The first kappa shape index (κ1) is 15.2. The molecule has 0 saturated heterocycles. The number of hydrogen-bond acceptors (Lipinski definition) is 2. The maximum absolute atomic E-state index is 12.7. The second-order valence-electron chi connectivity index (χ2n) is 5.71. The van der Waals surface area contributed by atoms with Crippen molar-refractivity contribution < 1.29 is 4.79 Å². The lowest BCUT2D eigenvalue weighted by Gasteiger charge is -2.10. The van der Waals surface area contributed by atoms with E-state index in [2.05, 4.69) is 5.32 Å². The van der Waals surface area contributed by atoms with Gasteiger partial charge < -0.3 is 9.88 Å². The molecular weight excluding hydrogens is 347 g/mol. The fraction of sp³-hybridized carbons (Fsp3) is 0.111. The van der Waals surface area contributed by atoms with Crippen LogP contribution in [0.4, 0.5) is 5.69 Å². The Balaban J connectivity index is 1.80. The summed E-state index contributed by atoms with van der Waals surface area (Å²) in [4.78, 5) is 25.3. The number of hydrogen-bond donors (Lipinski definition) is 1. The van der Waals surface area contributed by atoms with Gasteiger partial charge in [0.15, 0.2) is 0 Å². The van der Waals surface area contributed by atoms with Gasteiger partial charge in [-0.05, 0) is 36.2 Å². The van der Waals surface area contributed by atoms with Crippen LogP contribution in [-0.4, -0.2) is 10.5 Å². The molecule has 1 aliphatic rings. The van der Waals surface area contributed by atoms with Crippen molar-refractivity contribution in [1.29, 1.82) is 0 Å². The molecule has 24 heavy (non-hydrogen) atoms. The van der Waals surface area contributed by atoms with Crippen LogP contribution in [0.3, 0.4) is 0 Å². The molecule has 0 aliphatic carbocycles. The van der Waals surface area contributed by atoms with Crippen LogP contribution < -0.4 is 10.7 Å². The smallest absolute Gasteiger partial charge is 0.261 e. The summed E-state index contributed by atoms with van der Waals surface area (Å²) in [5.74, 6) is -0.493. The first-order valence-corrected chi connectivity index (χ1v) is 8.21. The Bertz CT molecular complexity index is 1060. The highest BCUT2D eigenvalue weighted by Gasteiger charge is 2.20. The Labute approximate surface area is 147 Å². The number of benzene rings is 2. The molecule has 4 rings (SSSR count). The number of para-hydroxylation sites is 1. The Hall–Kier alpha value is -2.30. The summed E-state index contributed by atoms with van der Waals surface area (Å²) in [6.07, 6.45) is 2.48. The van der Waals surface area contributed by atoms with E-state index >= 15 is 0 Å². The summed E-state index contributed by atoms with van der Waals surface area (Å²) in [6.45, 7) is 0.758. The zero-order valence-corrected chi connectivity index (χ0v) is 14.0. The summed E-state index contributed by atoms with van der Waals surface area (Å²) in [7, 11) is 0. The van der Waals surface area contributed by atoms with Crippen molar-refractivity contribution in [2.45, 2.75) is 13.0 Å². The molecule has 0 atom stereocenters. The Morgan fingerprint density at radius 1 is 1.17 bits per heavy atom. The molecule has 3 aromatic rings. The van der Waals surface area contributed by atoms with Crippen LogP contribution in [0.25, 0.3) is 10.9 Å². The van der Waals surface area contributed by atoms with Crippen molar-refractivity contribution in [3.63, 3.8) is 0 Å². The molecule has 1 aromatic heterocycles. The van der Waals surface area contributed by atoms with E-state index in [4.69, 9.17) is 23.2 Å². The van der Waals surface area contributed by atoms with Crippen LogP contribution in [-0.2, 0) is 13.0 Å². The molecular formula is C18H12Cl2N2O2. The predicted molar refractivity (Wildman–Crippen MR) is 96.3 cm³/mol. The standard InChI is InChI=1S/C18H12Cl2N2O2/c19-11-4-5-14(20)15(8-11)21-18(24)13-9-22-7-6-10-2-1-3-12(16(10)22)17(13)23/h1-5,8-9H,6-7H2,(H,21,24). The van der Waals surface area contributed by atoms with Gasteiger partial charge in [-0.15, -0.1) is 0 Å². The number of aryl methyl sites for hydroxylation is 2. The molecule has 0 bridgehead atoms. The Kier molecular flexibility index (Phi) is 3.59. The lowest BCUT2D eigenvalue weighted by atomic mass is 10.1. The second kappa shape index (κ2) is 5.65. The van der Waals surface area contributed by atoms with Gasteiger partial charge in [0, 0.05) is 23.2 Å².